The van der Waals surface area contributed by atoms with E-state index in [-0.39, 0.29) is 23.4 Å². The van der Waals surface area contributed by atoms with E-state index in [4.69, 9.17) is 26.2 Å². The van der Waals surface area contributed by atoms with Gasteiger partial charge >= 0.3 is 18.2 Å². The second-order valence-electron chi connectivity index (χ2n) is 10.3. The van der Waals surface area contributed by atoms with Gasteiger partial charge in [0.1, 0.15) is 23.1 Å². The summed E-state index contributed by atoms with van der Waals surface area (Å²) in [7, 11) is 1.66. The van der Waals surface area contributed by atoms with Crippen molar-refractivity contribution in [2.24, 2.45) is 0 Å². The summed E-state index contributed by atoms with van der Waals surface area (Å²) in [5.74, 6) is -0.319. The Labute approximate surface area is 239 Å². The topological polar surface area (TPSA) is 89.0 Å². The van der Waals surface area contributed by atoms with E-state index in [2.05, 4.69) is 9.88 Å². The van der Waals surface area contributed by atoms with Crippen LogP contribution in [0.3, 0.4) is 0 Å². The molecule has 3 aromatic rings. The lowest BCUT2D eigenvalue weighted by molar-refractivity contribution is -0.888. The fourth-order valence-electron chi connectivity index (χ4n) is 6.07. The summed E-state index contributed by atoms with van der Waals surface area (Å²) in [6.07, 6.45) is -1.61. The molecule has 8 nitrogen and oxygen atoms in total. The first kappa shape index (κ1) is 28.7. The predicted octanol–water partition coefficient (Wildman–Crippen LogP) is 6.59. The Bertz CT molecular complexity index is 1450. The van der Waals surface area contributed by atoms with Crippen LogP contribution < -0.4 is 14.4 Å². The van der Waals surface area contributed by atoms with E-state index in [1.54, 1.807) is 25.5 Å². The molecule has 1 saturated heterocycles. The molecule has 1 fully saturated rings. The van der Waals surface area contributed by atoms with Crippen LogP contribution in [-0.4, -0.2) is 59.4 Å². The number of carboxylic acid groups (broad SMARTS) is 1. The molecule has 2 atom stereocenters. The fourth-order valence-corrected chi connectivity index (χ4v) is 6.33. The number of aromatic nitrogens is 1. The zero-order valence-corrected chi connectivity index (χ0v) is 22.9. The number of nitrogens with zero attached hydrogens (tertiary/aromatic N) is 3. The monoisotopic (exact) mass is 590 g/mol. The second-order valence-corrected chi connectivity index (χ2v) is 10.7. The van der Waals surface area contributed by atoms with Crippen molar-refractivity contribution in [3.8, 4) is 11.5 Å². The van der Waals surface area contributed by atoms with Crippen LogP contribution in [0.2, 0.25) is 5.02 Å². The highest BCUT2D eigenvalue weighted by Gasteiger charge is 2.53. The van der Waals surface area contributed by atoms with E-state index in [1.165, 1.54) is 24.3 Å². The molecule has 2 unspecified atom stereocenters. The van der Waals surface area contributed by atoms with E-state index >= 15 is 0 Å². The Balaban J connectivity index is 1.61. The largest absolute Gasteiger partial charge is 0.511 e. The van der Waals surface area contributed by atoms with Crippen molar-refractivity contribution in [2.45, 2.75) is 37.5 Å². The molecule has 1 N–H and O–H groups in total. The van der Waals surface area contributed by atoms with Crippen molar-refractivity contribution in [3.63, 3.8) is 0 Å². The first-order chi connectivity index (χ1) is 19.5. The number of quaternary nitrogens is 1. The lowest BCUT2D eigenvalue weighted by atomic mass is 9.89. The number of benzene rings is 2. The first-order valence-corrected chi connectivity index (χ1v) is 13.5. The molecule has 0 saturated carbocycles. The third-order valence-electron chi connectivity index (χ3n) is 8.06. The molecule has 0 radical (unpaired) electrons. The normalized spacial score (nSPS) is 19.0. The van der Waals surface area contributed by atoms with E-state index in [0.29, 0.717) is 43.7 Å². The molecular weight excluding hydrogens is 563 g/mol. The van der Waals surface area contributed by atoms with Crippen LogP contribution in [0.5, 0.6) is 11.5 Å². The number of ether oxygens (including phenoxy) is 2. The Kier molecular flexibility index (Phi) is 7.85. The van der Waals surface area contributed by atoms with Gasteiger partial charge in [0.2, 0.25) is 0 Å². The summed E-state index contributed by atoms with van der Waals surface area (Å²) in [4.78, 5) is 32.0. The van der Waals surface area contributed by atoms with Crippen LogP contribution in [0.4, 0.5) is 23.7 Å². The van der Waals surface area contributed by atoms with Crippen molar-refractivity contribution >= 4 is 29.4 Å². The summed E-state index contributed by atoms with van der Waals surface area (Å²) in [6.45, 7) is 1.37. The standard InChI is InChI=1S/C29H27ClF3N3O5/c1-36(19-9-14-35(15-10-19)18-7-12-34-13-8-18,27(37)26-22(29(31,32)33)3-2-4-23(26)30)24-11-16-40-25-6-5-20(17-21(24)25)41-28(38)39/h2-8,12-13,17,19,24H,9-11,14-16H2,1H3/p+1. The molecular formula is C29H28ClF3N3O5+. The molecule has 41 heavy (non-hydrogen) atoms. The van der Waals surface area contributed by atoms with Crippen molar-refractivity contribution in [2.75, 3.05) is 31.6 Å². The van der Waals surface area contributed by atoms with Gasteiger partial charge in [0.25, 0.3) is 0 Å². The first-order valence-electron chi connectivity index (χ1n) is 13.1. The fraction of sp³-hybridized carbons (Fsp3) is 0.345. The molecule has 2 aliphatic rings. The highest BCUT2D eigenvalue weighted by Crippen LogP contribution is 2.47. The number of amides is 1. The zero-order chi connectivity index (χ0) is 29.4. The summed E-state index contributed by atoms with van der Waals surface area (Å²) in [5, 5.41) is 8.87. The summed E-state index contributed by atoms with van der Waals surface area (Å²) in [5.41, 5.74) is -0.213. The molecule has 2 aromatic carbocycles. The van der Waals surface area contributed by atoms with Crippen LogP contribution in [0, 0.1) is 0 Å². The van der Waals surface area contributed by atoms with Gasteiger partial charge in [0.05, 0.1) is 35.8 Å². The number of halogens is 4. The number of alkyl halides is 3. The molecule has 1 aromatic heterocycles. The average Bonchev–Trinajstić information content (AvgIpc) is 2.95. The molecule has 1 amide bonds. The van der Waals surface area contributed by atoms with Crippen LogP contribution in [0.1, 0.15) is 46.8 Å². The minimum atomic E-state index is -4.80. The van der Waals surface area contributed by atoms with Gasteiger partial charge in [-0.3, -0.25) is 4.98 Å². The van der Waals surface area contributed by atoms with Crippen LogP contribution >= 0.6 is 11.6 Å². The maximum absolute atomic E-state index is 14.6. The summed E-state index contributed by atoms with van der Waals surface area (Å²) in [6, 6.07) is 10.6. The molecule has 3 heterocycles. The SMILES string of the molecule is C[N+](C(=O)c1c(Cl)cccc1C(F)(F)F)(C1CCN(c2ccncc2)CC1)C1CCOc2ccc(OC(=O)O)cc21. The van der Waals surface area contributed by atoms with Gasteiger partial charge < -0.3 is 19.5 Å². The second kappa shape index (κ2) is 11.2. The van der Waals surface area contributed by atoms with E-state index in [1.807, 2.05) is 12.1 Å². The number of piperidine rings is 1. The molecule has 0 aliphatic carbocycles. The maximum Gasteiger partial charge on any atom is 0.511 e. The maximum atomic E-state index is 14.6. The quantitative estimate of drug-likeness (QED) is 0.204. The molecule has 5 rings (SSSR count). The van der Waals surface area contributed by atoms with Gasteiger partial charge in [0, 0.05) is 50.4 Å². The van der Waals surface area contributed by atoms with Crippen LogP contribution in [-0.2, 0) is 6.18 Å². The number of rotatable bonds is 5. The van der Waals surface area contributed by atoms with Crippen molar-refractivity contribution in [3.05, 3.63) is 82.6 Å². The van der Waals surface area contributed by atoms with E-state index in [9.17, 15) is 22.8 Å². The zero-order valence-electron chi connectivity index (χ0n) is 22.1. The number of hydrogen-bond donors (Lipinski definition) is 1. The van der Waals surface area contributed by atoms with Gasteiger partial charge in [-0.05, 0) is 42.5 Å². The van der Waals surface area contributed by atoms with E-state index in [0.717, 1.165) is 11.8 Å². The van der Waals surface area contributed by atoms with Crippen molar-refractivity contribution in [1.82, 2.24) is 4.98 Å². The number of carbonyl (C=O) groups excluding carboxylic acids is 1. The molecule has 216 valence electrons. The number of pyridine rings is 1. The Morgan fingerprint density at radius 3 is 2.46 bits per heavy atom. The van der Waals surface area contributed by atoms with Gasteiger partial charge in [-0.15, -0.1) is 0 Å². The minimum absolute atomic E-state index is 0.0204. The van der Waals surface area contributed by atoms with Crippen molar-refractivity contribution < 1.29 is 41.8 Å². The lowest BCUT2D eigenvalue weighted by Gasteiger charge is -2.49. The number of hydrogen-bond acceptors (Lipinski definition) is 6. The molecule has 0 bridgehead atoms. The van der Waals surface area contributed by atoms with Gasteiger partial charge in [0.15, 0.2) is 0 Å². The predicted molar refractivity (Wildman–Crippen MR) is 144 cm³/mol. The summed E-state index contributed by atoms with van der Waals surface area (Å²) >= 11 is 6.35. The number of carbonyl (C=O) groups is 2. The molecule has 12 heteroatoms. The van der Waals surface area contributed by atoms with Crippen molar-refractivity contribution in [1.29, 1.82) is 0 Å². The third kappa shape index (κ3) is 5.56. The van der Waals surface area contributed by atoms with E-state index < -0.39 is 39.9 Å². The van der Waals surface area contributed by atoms with Crippen LogP contribution in [0.25, 0.3) is 0 Å². The Hall–Kier alpha value is -3.83. The third-order valence-corrected chi connectivity index (χ3v) is 8.38. The summed E-state index contributed by atoms with van der Waals surface area (Å²) < 4.78 is 52.9. The van der Waals surface area contributed by atoms with Gasteiger partial charge in [-0.1, -0.05) is 17.7 Å². The van der Waals surface area contributed by atoms with Crippen LogP contribution in [0.15, 0.2) is 60.9 Å². The Morgan fingerprint density at radius 2 is 1.80 bits per heavy atom. The highest BCUT2D eigenvalue weighted by molar-refractivity contribution is 6.33. The highest BCUT2D eigenvalue weighted by atomic mass is 35.5. The van der Waals surface area contributed by atoms with Gasteiger partial charge in [-0.25, -0.2) is 14.1 Å². The lowest BCUT2D eigenvalue weighted by Crippen LogP contribution is -2.62. The molecule has 0 spiro atoms. The number of fused-ring (bicyclic) bond motifs is 1. The Morgan fingerprint density at radius 1 is 1.10 bits per heavy atom. The average molecular weight is 591 g/mol. The van der Waals surface area contributed by atoms with Gasteiger partial charge in [-0.2, -0.15) is 13.2 Å². The molecule has 2 aliphatic heterocycles. The minimum Gasteiger partial charge on any atom is -0.493 e. The number of anilines is 1. The smallest absolute Gasteiger partial charge is 0.493 e.